The predicted octanol–water partition coefficient (Wildman–Crippen LogP) is 0.686. The van der Waals surface area contributed by atoms with Gasteiger partial charge in [-0.2, -0.15) is 0 Å². The van der Waals surface area contributed by atoms with Gasteiger partial charge in [0.2, 0.25) is 0 Å². The summed E-state index contributed by atoms with van der Waals surface area (Å²) in [7, 11) is 2.12. The van der Waals surface area contributed by atoms with E-state index < -0.39 is 0 Å². The van der Waals surface area contributed by atoms with E-state index >= 15 is 0 Å². The van der Waals surface area contributed by atoms with Crippen molar-refractivity contribution in [1.29, 1.82) is 0 Å². The Bertz CT molecular complexity index is 213. The van der Waals surface area contributed by atoms with Crippen molar-refractivity contribution in [3.05, 3.63) is 0 Å². The number of nitrogens with zero attached hydrogens (tertiary/aromatic N) is 1. The van der Waals surface area contributed by atoms with Crippen molar-refractivity contribution in [3.8, 4) is 0 Å². The van der Waals surface area contributed by atoms with Crippen molar-refractivity contribution < 1.29 is 4.74 Å². The molecule has 1 atom stereocenters. The highest BCUT2D eigenvalue weighted by Crippen LogP contribution is 2.21. The molecule has 0 aromatic carbocycles. The standard InChI is InChI=1S/C14H29N3O/c1-15-14(13-4-11-18-12-5-13)3-2-8-17-9-6-16-7-10-17/h13-16H,2-12H2,1H3. The highest BCUT2D eigenvalue weighted by molar-refractivity contribution is 4.78. The van der Waals surface area contributed by atoms with Crippen molar-refractivity contribution in [2.45, 2.75) is 31.7 Å². The molecule has 1 unspecified atom stereocenters. The van der Waals surface area contributed by atoms with Gasteiger partial charge in [-0.15, -0.1) is 0 Å². The van der Waals surface area contributed by atoms with Gasteiger partial charge >= 0.3 is 0 Å². The molecular formula is C14H29N3O. The summed E-state index contributed by atoms with van der Waals surface area (Å²) in [6.07, 6.45) is 5.10. The van der Waals surface area contributed by atoms with Crippen LogP contribution in [0.1, 0.15) is 25.7 Å². The quantitative estimate of drug-likeness (QED) is 0.732. The monoisotopic (exact) mass is 255 g/mol. The maximum absolute atomic E-state index is 5.45. The Kier molecular flexibility index (Phi) is 6.41. The highest BCUT2D eigenvalue weighted by atomic mass is 16.5. The van der Waals surface area contributed by atoms with Crippen LogP contribution in [0.2, 0.25) is 0 Å². The van der Waals surface area contributed by atoms with Crippen molar-refractivity contribution in [1.82, 2.24) is 15.5 Å². The molecule has 2 heterocycles. The summed E-state index contributed by atoms with van der Waals surface area (Å²) in [5.74, 6) is 0.826. The van der Waals surface area contributed by atoms with Gasteiger partial charge in [0.05, 0.1) is 0 Å². The first-order valence-corrected chi connectivity index (χ1v) is 7.58. The van der Waals surface area contributed by atoms with E-state index in [4.69, 9.17) is 4.74 Å². The number of rotatable bonds is 6. The molecule has 2 fully saturated rings. The molecule has 0 aromatic heterocycles. The van der Waals surface area contributed by atoms with Crippen molar-refractivity contribution >= 4 is 0 Å². The molecule has 4 heteroatoms. The van der Waals surface area contributed by atoms with Gasteiger partial charge in [-0.25, -0.2) is 0 Å². The lowest BCUT2D eigenvalue weighted by molar-refractivity contribution is 0.0529. The van der Waals surface area contributed by atoms with Crippen LogP contribution in [0.25, 0.3) is 0 Å². The van der Waals surface area contributed by atoms with Crippen molar-refractivity contribution in [3.63, 3.8) is 0 Å². The van der Waals surface area contributed by atoms with E-state index in [-0.39, 0.29) is 0 Å². The normalized spacial score (nSPS) is 25.2. The molecule has 4 nitrogen and oxygen atoms in total. The van der Waals surface area contributed by atoms with Crippen LogP contribution in [0.5, 0.6) is 0 Å². The maximum Gasteiger partial charge on any atom is 0.0469 e. The SMILES string of the molecule is CNC(CCCN1CCNCC1)C1CCOCC1. The fourth-order valence-electron chi connectivity index (χ4n) is 3.20. The fraction of sp³-hybridized carbons (Fsp3) is 1.00. The van der Waals surface area contributed by atoms with Crippen LogP contribution in [0, 0.1) is 5.92 Å². The number of hydrogen-bond donors (Lipinski definition) is 2. The lowest BCUT2D eigenvalue weighted by Gasteiger charge is -2.31. The first kappa shape index (κ1) is 14.3. The Morgan fingerprint density at radius 3 is 2.67 bits per heavy atom. The second kappa shape index (κ2) is 8.10. The molecule has 0 radical (unpaired) electrons. The summed E-state index contributed by atoms with van der Waals surface area (Å²) in [4.78, 5) is 2.59. The lowest BCUT2D eigenvalue weighted by atomic mass is 9.89. The summed E-state index contributed by atoms with van der Waals surface area (Å²) < 4.78 is 5.45. The third-order valence-electron chi connectivity index (χ3n) is 4.40. The molecule has 2 rings (SSSR count). The molecule has 2 N–H and O–H groups in total. The summed E-state index contributed by atoms with van der Waals surface area (Å²) >= 11 is 0. The van der Waals surface area contributed by atoms with Crippen molar-refractivity contribution in [2.75, 3.05) is 53.0 Å². The minimum Gasteiger partial charge on any atom is -0.381 e. The molecule has 0 amide bonds. The molecule has 18 heavy (non-hydrogen) atoms. The van der Waals surface area contributed by atoms with E-state index in [2.05, 4.69) is 22.6 Å². The maximum atomic E-state index is 5.45. The summed E-state index contributed by atoms with van der Waals surface area (Å²) in [5.41, 5.74) is 0. The first-order chi connectivity index (χ1) is 8.90. The van der Waals surface area contributed by atoms with E-state index in [1.165, 1.54) is 45.3 Å². The largest absolute Gasteiger partial charge is 0.381 e. The first-order valence-electron chi connectivity index (χ1n) is 7.58. The predicted molar refractivity (Wildman–Crippen MR) is 74.9 cm³/mol. The molecule has 0 spiro atoms. The van der Waals surface area contributed by atoms with Gasteiger partial charge in [0, 0.05) is 45.4 Å². The number of nitrogens with one attached hydrogen (secondary N) is 2. The van der Waals surface area contributed by atoms with E-state index in [1.807, 2.05) is 0 Å². The van der Waals surface area contributed by atoms with Crippen LogP contribution in [0.3, 0.4) is 0 Å². The average Bonchev–Trinajstić information content (AvgIpc) is 2.46. The Morgan fingerprint density at radius 1 is 1.28 bits per heavy atom. The summed E-state index contributed by atoms with van der Waals surface area (Å²) in [6, 6.07) is 0.691. The number of hydrogen-bond acceptors (Lipinski definition) is 4. The third-order valence-corrected chi connectivity index (χ3v) is 4.40. The molecule has 2 aliphatic rings. The van der Waals surface area contributed by atoms with Crippen LogP contribution >= 0.6 is 0 Å². The zero-order chi connectivity index (χ0) is 12.6. The molecule has 0 aliphatic carbocycles. The topological polar surface area (TPSA) is 36.5 Å². The fourth-order valence-corrected chi connectivity index (χ4v) is 3.20. The molecule has 2 aliphatic heterocycles. The van der Waals surface area contributed by atoms with E-state index in [9.17, 15) is 0 Å². The molecule has 0 bridgehead atoms. The number of ether oxygens (including phenoxy) is 1. The van der Waals surface area contributed by atoms with Gasteiger partial charge in [0.25, 0.3) is 0 Å². The van der Waals surface area contributed by atoms with Gasteiger partial charge in [-0.05, 0) is 45.2 Å². The zero-order valence-electron chi connectivity index (χ0n) is 11.8. The second-order valence-corrected chi connectivity index (χ2v) is 5.58. The molecule has 2 saturated heterocycles. The summed E-state index contributed by atoms with van der Waals surface area (Å²) in [6.45, 7) is 7.96. The third kappa shape index (κ3) is 4.50. The minimum atomic E-state index is 0.691. The lowest BCUT2D eigenvalue weighted by Crippen LogP contribution is -2.44. The van der Waals surface area contributed by atoms with Crippen LogP contribution in [0.15, 0.2) is 0 Å². The van der Waals surface area contributed by atoms with Crippen LogP contribution in [-0.4, -0.2) is 63.9 Å². The van der Waals surface area contributed by atoms with E-state index in [0.717, 1.165) is 32.2 Å². The van der Waals surface area contributed by atoms with Gasteiger partial charge in [-0.1, -0.05) is 0 Å². The van der Waals surface area contributed by atoms with E-state index in [0.29, 0.717) is 6.04 Å². The minimum absolute atomic E-state index is 0.691. The average molecular weight is 255 g/mol. The molecule has 106 valence electrons. The molecular weight excluding hydrogens is 226 g/mol. The molecule has 0 aromatic rings. The summed E-state index contributed by atoms with van der Waals surface area (Å²) in [5, 5.41) is 6.93. The van der Waals surface area contributed by atoms with E-state index in [1.54, 1.807) is 0 Å². The highest BCUT2D eigenvalue weighted by Gasteiger charge is 2.22. The Labute approximate surface area is 111 Å². The van der Waals surface area contributed by atoms with Crippen molar-refractivity contribution in [2.24, 2.45) is 5.92 Å². The Hall–Kier alpha value is -0.160. The second-order valence-electron chi connectivity index (χ2n) is 5.58. The van der Waals surface area contributed by atoms with Crippen LogP contribution in [-0.2, 0) is 4.74 Å². The van der Waals surface area contributed by atoms with Gasteiger partial charge < -0.3 is 20.3 Å². The number of piperazine rings is 1. The van der Waals surface area contributed by atoms with Gasteiger partial charge in [0.15, 0.2) is 0 Å². The smallest absolute Gasteiger partial charge is 0.0469 e. The van der Waals surface area contributed by atoms with Gasteiger partial charge in [-0.3, -0.25) is 0 Å². The van der Waals surface area contributed by atoms with Crippen LogP contribution in [0.4, 0.5) is 0 Å². The van der Waals surface area contributed by atoms with Crippen LogP contribution < -0.4 is 10.6 Å². The van der Waals surface area contributed by atoms with Gasteiger partial charge in [0.1, 0.15) is 0 Å². The Morgan fingerprint density at radius 2 is 2.00 bits per heavy atom. The Balaban J connectivity index is 1.63. The zero-order valence-corrected chi connectivity index (χ0v) is 11.8. The molecule has 0 saturated carbocycles.